The number of halogens is 1. The van der Waals surface area contributed by atoms with Gasteiger partial charge in [0, 0.05) is 0 Å². The van der Waals surface area contributed by atoms with Gasteiger partial charge in [0.1, 0.15) is 0 Å². The number of thiophene rings is 1. The highest BCUT2D eigenvalue weighted by atomic mass is 35.5. The second-order valence-electron chi connectivity index (χ2n) is 2.92. The van der Waals surface area contributed by atoms with Gasteiger partial charge in [0.2, 0.25) is 0 Å². The Hall–Kier alpha value is -0.570. The zero-order chi connectivity index (χ0) is 9.26. The summed E-state index contributed by atoms with van der Waals surface area (Å²) >= 11 is 7.90. The lowest BCUT2D eigenvalue weighted by atomic mass is 10.1. The van der Waals surface area contributed by atoms with Crippen LogP contribution in [0.2, 0.25) is 5.02 Å². The van der Waals surface area contributed by atoms with Crippen LogP contribution in [0.3, 0.4) is 0 Å². The second kappa shape index (κ2) is 3.66. The maximum atomic E-state index is 6.22. The van der Waals surface area contributed by atoms with Gasteiger partial charge in [-0.1, -0.05) is 23.7 Å². The molecule has 0 unspecified atom stereocenters. The van der Waals surface area contributed by atoms with Crippen molar-refractivity contribution < 1.29 is 0 Å². The Morgan fingerprint density at radius 1 is 1.31 bits per heavy atom. The molecule has 0 bridgehead atoms. The lowest BCUT2D eigenvalue weighted by Crippen LogP contribution is -2.02. The summed E-state index contributed by atoms with van der Waals surface area (Å²) in [7, 11) is 0. The summed E-state index contributed by atoms with van der Waals surface area (Å²) in [4.78, 5) is 0. The zero-order valence-electron chi connectivity index (χ0n) is 7.09. The first-order valence-electron chi connectivity index (χ1n) is 4.17. The first-order valence-corrected chi connectivity index (χ1v) is 5.43. The number of benzene rings is 1. The molecule has 68 valence electrons. The molecule has 0 aliphatic carbocycles. The molecule has 0 amide bonds. The third-order valence-electron chi connectivity index (χ3n) is 2.05. The standard InChI is InChI=1S/C10H10ClNS/c11-9-7(3-5-12)1-2-8-4-6-13-10(8)9/h1-2,4,6H,3,5,12H2. The van der Waals surface area contributed by atoms with Crippen molar-refractivity contribution >= 4 is 33.0 Å². The van der Waals surface area contributed by atoms with E-state index in [9.17, 15) is 0 Å². The van der Waals surface area contributed by atoms with Crippen LogP contribution in [0.1, 0.15) is 5.56 Å². The number of fused-ring (bicyclic) bond motifs is 1. The molecule has 2 aromatic rings. The van der Waals surface area contributed by atoms with Crippen LogP contribution in [0.15, 0.2) is 23.6 Å². The van der Waals surface area contributed by atoms with E-state index in [1.54, 1.807) is 11.3 Å². The highest BCUT2D eigenvalue weighted by Gasteiger charge is 2.05. The molecular weight excluding hydrogens is 202 g/mol. The highest BCUT2D eigenvalue weighted by Crippen LogP contribution is 2.31. The molecule has 0 saturated carbocycles. The van der Waals surface area contributed by atoms with Crippen LogP contribution in [0.5, 0.6) is 0 Å². The molecule has 0 aliphatic rings. The molecule has 13 heavy (non-hydrogen) atoms. The van der Waals surface area contributed by atoms with Gasteiger partial charge < -0.3 is 5.73 Å². The third-order valence-corrected chi connectivity index (χ3v) is 3.55. The molecule has 1 nitrogen and oxygen atoms in total. The molecule has 1 aromatic heterocycles. The maximum absolute atomic E-state index is 6.22. The Morgan fingerprint density at radius 3 is 2.92 bits per heavy atom. The van der Waals surface area contributed by atoms with E-state index in [0.717, 1.165) is 17.0 Å². The van der Waals surface area contributed by atoms with Crippen LogP contribution in [0.25, 0.3) is 10.1 Å². The van der Waals surface area contributed by atoms with Gasteiger partial charge in [-0.25, -0.2) is 0 Å². The number of hydrogen-bond acceptors (Lipinski definition) is 2. The van der Waals surface area contributed by atoms with E-state index in [2.05, 4.69) is 23.6 Å². The minimum atomic E-state index is 0.649. The lowest BCUT2D eigenvalue weighted by molar-refractivity contribution is 0.971. The Morgan fingerprint density at radius 2 is 2.15 bits per heavy atom. The Bertz CT molecular complexity index is 422. The van der Waals surface area contributed by atoms with Gasteiger partial charge in [0.05, 0.1) is 9.72 Å². The molecule has 0 atom stereocenters. The van der Waals surface area contributed by atoms with Crippen LogP contribution < -0.4 is 5.73 Å². The predicted octanol–water partition coefficient (Wildman–Crippen LogP) is 3.06. The molecule has 0 radical (unpaired) electrons. The van der Waals surface area contributed by atoms with Crippen molar-refractivity contribution in [3.05, 3.63) is 34.2 Å². The molecule has 3 heteroatoms. The van der Waals surface area contributed by atoms with E-state index in [1.807, 2.05) is 0 Å². The Kier molecular flexibility index (Phi) is 2.54. The van der Waals surface area contributed by atoms with Gasteiger partial charge in [-0.15, -0.1) is 11.3 Å². The zero-order valence-corrected chi connectivity index (χ0v) is 8.66. The highest BCUT2D eigenvalue weighted by molar-refractivity contribution is 7.17. The molecule has 0 fully saturated rings. The molecular formula is C10H10ClNS. The van der Waals surface area contributed by atoms with Gasteiger partial charge >= 0.3 is 0 Å². The third kappa shape index (κ3) is 1.57. The predicted molar refractivity (Wildman–Crippen MR) is 59.6 cm³/mol. The topological polar surface area (TPSA) is 26.0 Å². The van der Waals surface area contributed by atoms with Crippen LogP contribution in [-0.4, -0.2) is 6.54 Å². The van der Waals surface area contributed by atoms with Crippen LogP contribution in [0, 0.1) is 0 Å². The fraction of sp³-hybridized carbons (Fsp3) is 0.200. The van der Waals surface area contributed by atoms with Crippen molar-refractivity contribution in [3.8, 4) is 0 Å². The van der Waals surface area contributed by atoms with E-state index in [1.165, 1.54) is 10.1 Å². The smallest absolute Gasteiger partial charge is 0.0616 e. The second-order valence-corrected chi connectivity index (χ2v) is 4.21. The van der Waals surface area contributed by atoms with Crippen molar-refractivity contribution in [3.63, 3.8) is 0 Å². The SMILES string of the molecule is NCCc1ccc2ccsc2c1Cl. The normalized spacial score (nSPS) is 10.9. The lowest BCUT2D eigenvalue weighted by Gasteiger charge is -2.02. The summed E-state index contributed by atoms with van der Waals surface area (Å²) < 4.78 is 1.17. The van der Waals surface area contributed by atoms with E-state index in [4.69, 9.17) is 17.3 Å². The van der Waals surface area contributed by atoms with Gasteiger partial charge in [-0.05, 0) is 35.4 Å². The van der Waals surface area contributed by atoms with Gasteiger partial charge in [0.25, 0.3) is 0 Å². The summed E-state index contributed by atoms with van der Waals surface area (Å²) in [6.07, 6.45) is 0.854. The van der Waals surface area contributed by atoms with Gasteiger partial charge in [-0.3, -0.25) is 0 Å². The molecule has 1 aromatic carbocycles. The summed E-state index contributed by atoms with van der Waals surface area (Å²) in [5, 5.41) is 4.15. The molecule has 2 rings (SSSR count). The number of hydrogen-bond donors (Lipinski definition) is 1. The summed E-state index contributed by atoms with van der Waals surface area (Å²) in [5.74, 6) is 0. The van der Waals surface area contributed by atoms with E-state index < -0.39 is 0 Å². The fourth-order valence-corrected chi connectivity index (χ4v) is 2.64. The minimum absolute atomic E-state index is 0.649. The number of nitrogens with two attached hydrogens (primary N) is 1. The van der Waals surface area contributed by atoms with Crippen LogP contribution in [0.4, 0.5) is 0 Å². The summed E-state index contributed by atoms with van der Waals surface area (Å²) in [6, 6.07) is 6.24. The van der Waals surface area contributed by atoms with Gasteiger partial charge in [0.15, 0.2) is 0 Å². The molecule has 0 aliphatic heterocycles. The van der Waals surface area contributed by atoms with Crippen LogP contribution >= 0.6 is 22.9 Å². The maximum Gasteiger partial charge on any atom is 0.0616 e. The summed E-state index contributed by atoms with van der Waals surface area (Å²) in [5.41, 5.74) is 6.65. The quantitative estimate of drug-likeness (QED) is 0.812. The first kappa shape index (κ1) is 9.00. The van der Waals surface area contributed by atoms with Crippen molar-refractivity contribution in [1.82, 2.24) is 0 Å². The van der Waals surface area contributed by atoms with E-state index in [0.29, 0.717) is 6.54 Å². The average Bonchev–Trinajstić information content (AvgIpc) is 2.58. The van der Waals surface area contributed by atoms with Crippen molar-refractivity contribution in [2.24, 2.45) is 5.73 Å². The van der Waals surface area contributed by atoms with Crippen molar-refractivity contribution in [2.45, 2.75) is 6.42 Å². The fourth-order valence-electron chi connectivity index (χ4n) is 1.39. The van der Waals surface area contributed by atoms with Crippen LogP contribution in [-0.2, 0) is 6.42 Å². The summed E-state index contributed by atoms with van der Waals surface area (Å²) in [6.45, 7) is 0.649. The Balaban J connectivity index is 2.59. The molecule has 0 saturated heterocycles. The van der Waals surface area contributed by atoms with E-state index in [-0.39, 0.29) is 0 Å². The Labute approximate surface area is 86.1 Å². The van der Waals surface area contributed by atoms with Crippen molar-refractivity contribution in [2.75, 3.05) is 6.54 Å². The molecule has 0 spiro atoms. The van der Waals surface area contributed by atoms with Crippen molar-refractivity contribution in [1.29, 1.82) is 0 Å². The molecule has 1 heterocycles. The average molecular weight is 212 g/mol. The largest absolute Gasteiger partial charge is 0.330 e. The number of rotatable bonds is 2. The minimum Gasteiger partial charge on any atom is -0.330 e. The monoisotopic (exact) mass is 211 g/mol. The van der Waals surface area contributed by atoms with E-state index >= 15 is 0 Å². The molecule has 2 N–H and O–H groups in total. The van der Waals surface area contributed by atoms with Gasteiger partial charge in [-0.2, -0.15) is 0 Å². The first-order chi connectivity index (χ1) is 6.33.